The molecule has 1 saturated heterocycles. The van der Waals surface area contributed by atoms with Gasteiger partial charge in [-0.05, 0) is 81.7 Å². The molecule has 2 fully saturated rings. The summed E-state index contributed by atoms with van der Waals surface area (Å²) in [6.07, 6.45) is 4.08. The number of hydrogen-bond donors (Lipinski definition) is 1. The molecule has 1 heterocycles. The van der Waals surface area contributed by atoms with Crippen LogP contribution < -0.4 is 5.46 Å². The average Bonchev–Trinajstić information content (AvgIpc) is 2.82. The molecule has 1 atom stereocenters. The highest BCUT2D eigenvalue weighted by Crippen LogP contribution is 2.44. The molecule has 1 N–H and O–H groups in total. The Balaban J connectivity index is 1.63. The molecule has 3 rings (SSSR count). The third-order valence-corrected chi connectivity index (χ3v) is 7.38. The standard InChI is InChI=1S/C24H37BO4/c1-22(2,3)20(21(26)27)18-10-8-16(9-11-18)17-12-14-19(15-13-17)25-28-23(4,5)24(6,7)29-25/h12-16,18,20H,8-11H2,1-7H3,(H,26,27)/t16-,18-,20?. The van der Waals surface area contributed by atoms with Gasteiger partial charge in [0.15, 0.2) is 0 Å². The molecule has 1 aliphatic heterocycles. The van der Waals surface area contributed by atoms with E-state index in [0.717, 1.165) is 31.1 Å². The van der Waals surface area contributed by atoms with Crippen LogP contribution in [-0.2, 0) is 14.1 Å². The van der Waals surface area contributed by atoms with E-state index in [1.54, 1.807) is 0 Å². The molecule has 29 heavy (non-hydrogen) atoms. The number of hydrogen-bond acceptors (Lipinski definition) is 3. The van der Waals surface area contributed by atoms with Gasteiger partial charge in [-0.2, -0.15) is 0 Å². The molecule has 1 aromatic rings. The molecule has 4 nitrogen and oxygen atoms in total. The van der Waals surface area contributed by atoms with E-state index >= 15 is 0 Å². The molecule has 0 bridgehead atoms. The highest BCUT2D eigenvalue weighted by molar-refractivity contribution is 6.62. The molecular weight excluding hydrogens is 363 g/mol. The van der Waals surface area contributed by atoms with Crippen LogP contribution in [0.25, 0.3) is 0 Å². The number of benzene rings is 1. The first kappa shape index (κ1) is 22.4. The highest BCUT2D eigenvalue weighted by Gasteiger charge is 2.51. The third-order valence-electron chi connectivity index (χ3n) is 7.38. The van der Waals surface area contributed by atoms with Crippen LogP contribution >= 0.6 is 0 Å². The summed E-state index contributed by atoms with van der Waals surface area (Å²) in [7, 11) is -0.326. The smallest absolute Gasteiger partial charge is 0.481 e. The van der Waals surface area contributed by atoms with Gasteiger partial charge < -0.3 is 14.4 Å². The zero-order chi connectivity index (χ0) is 21.6. The number of rotatable bonds is 4. The van der Waals surface area contributed by atoms with Crippen molar-refractivity contribution in [1.29, 1.82) is 0 Å². The molecule has 0 spiro atoms. The van der Waals surface area contributed by atoms with E-state index in [9.17, 15) is 9.90 Å². The highest BCUT2D eigenvalue weighted by atomic mass is 16.7. The third kappa shape index (κ3) is 4.56. The molecule has 0 radical (unpaired) electrons. The number of carboxylic acid groups (broad SMARTS) is 1. The Morgan fingerprint density at radius 3 is 1.90 bits per heavy atom. The second kappa shape index (κ2) is 7.74. The molecule has 2 aliphatic rings. The van der Waals surface area contributed by atoms with Gasteiger partial charge in [0.1, 0.15) is 0 Å². The van der Waals surface area contributed by atoms with Crippen molar-refractivity contribution >= 4 is 18.6 Å². The maximum atomic E-state index is 11.8. The first-order valence-electron chi connectivity index (χ1n) is 11.0. The van der Waals surface area contributed by atoms with Crippen LogP contribution in [0.3, 0.4) is 0 Å². The number of carbonyl (C=O) groups is 1. The van der Waals surface area contributed by atoms with Crippen LogP contribution in [0.15, 0.2) is 24.3 Å². The lowest BCUT2D eigenvalue weighted by atomic mass is 9.66. The van der Waals surface area contributed by atoms with Crippen molar-refractivity contribution in [3.05, 3.63) is 29.8 Å². The van der Waals surface area contributed by atoms with Crippen LogP contribution in [0.1, 0.15) is 85.6 Å². The van der Waals surface area contributed by atoms with Crippen molar-refractivity contribution in [2.75, 3.05) is 0 Å². The maximum Gasteiger partial charge on any atom is 0.494 e. The van der Waals surface area contributed by atoms with Crippen molar-refractivity contribution in [2.24, 2.45) is 17.3 Å². The van der Waals surface area contributed by atoms with Gasteiger partial charge in [-0.25, -0.2) is 0 Å². The largest absolute Gasteiger partial charge is 0.494 e. The van der Waals surface area contributed by atoms with Crippen molar-refractivity contribution in [3.8, 4) is 0 Å². The molecule has 1 unspecified atom stereocenters. The van der Waals surface area contributed by atoms with Gasteiger partial charge in [-0.1, -0.05) is 45.0 Å². The number of aliphatic carboxylic acids is 1. The molecule has 0 aromatic heterocycles. The Morgan fingerprint density at radius 1 is 1.00 bits per heavy atom. The van der Waals surface area contributed by atoms with Gasteiger partial charge in [0.05, 0.1) is 17.1 Å². The quantitative estimate of drug-likeness (QED) is 0.723. The van der Waals surface area contributed by atoms with E-state index in [2.05, 4.69) is 52.0 Å². The molecular formula is C24H37BO4. The Kier molecular flexibility index (Phi) is 5.97. The van der Waals surface area contributed by atoms with Gasteiger partial charge in [0.2, 0.25) is 0 Å². The Morgan fingerprint density at radius 2 is 1.48 bits per heavy atom. The first-order chi connectivity index (χ1) is 13.3. The molecule has 1 aromatic carbocycles. The molecule has 160 valence electrons. The lowest BCUT2D eigenvalue weighted by molar-refractivity contribution is -0.149. The van der Waals surface area contributed by atoms with E-state index in [1.165, 1.54) is 5.56 Å². The zero-order valence-corrected chi connectivity index (χ0v) is 19.1. The van der Waals surface area contributed by atoms with Crippen molar-refractivity contribution in [1.82, 2.24) is 0 Å². The molecule has 1 aliphatic carbocycles. The van der Waals surface area contributed by atoms with E-state index in [0.29, 0.717) is 5.92 Å². The summed E-state index contributed by atoms with van der Waals surface area (Å²) in [5, 5.41) is 9.73. The van der Waals surface area contributed by atoms with Gasteiger partial charge >= 0.3 is 13.1 Å². The Bertz CT molecular complexity index is 708. The Labute approximate surface area is 176 Å². The van der Waals surface area contributed by atoms with Crippen LogP contribution in [-0.4, -0.2) is 29.4 Å². The fourth-order valence-electron chi connectivity index (χ4n) is 4.97. The van der Waals surface area contributed by atoms with E-state index in [4.69, 9.17) is 9.31 Å². The van der Waals surface area contributed by atoms with Crippen LogP contribution in [0.4, 0.5) is 0 Å². The minimum atomic E-state index is -0.646. The van der Waals surface area contributed by atoms with E-state index < -0.39 is 5.97 Å². The summed E-state index contributed by atoms with van der Waals surface area (Å²) in [6.45, 7) is 14.4. The van der Waals surface area contributed by atoms with Crippen LogP contribution in [0, 0.1) is 17.3 Å². The van der Waals surface area contributed by atoms with Gasteiger partial charge in [-0.3, -0.25) is 4.79 Å². The van der Waals surface area contributed by atoms with Crippen LogP contribution in [0.5, 0.6) is 0 Å². The van der Waals surface area contributed by atoms with Crippen molar-refractivity contribution in [2.45, 2.75) is 91.3 Å². The predicted molar refractivity (Wildman–Crippen MR) is 117 cm³/mol. The SMILES string of the molecule is CC(C)(C)C(C(=O)O)[C@H]1CC[C@H](c2ccc(B3OC(C)(C)C(C)(C)O3)cc2)CC1. The fourth-order valence-corrected chi connectivity index (χ4v) is 4.97. The maximum absolute atomic E-state index is 11.8. The molecule has 1 saturated carbocycles. The summed E-state index contributed by atoms with van der Waals surface area (Å²) in [4.78, 5) is 11.8. The Hall–Kier alpha value is -1.33. The monoisotopic (exact) mass is 400 g/mol. The fraction of sp³-hybridized carbons (Fsp3) is 0.708. The van der Waals surface area contributed by atoms with E-state index in [1.807, 2.05) is 20.8 Å². The first-order valence-corrected chi connectivity index (χ1v) is 11.0. The summed E-state index contributed by atoms with van der Waals surface area (Å²) < 4.78 is 12.3. The topological polar surface area (TPSA) is 55.8 Å². The zero-order valence-electron chi connectivity index (χ0n) is 19.1. The lowest BCUT2D eigenvalue weighted by Gasteiger charge is -2.38. The van der Waals surface area contributed by atoms with Gasteiger partial charge in [0, 0.05) is 0 Å². The van der Waals surface area contributed by atoms with Crippen LogP contribution in [0.2, 0.25) is 0 Å². The van der Waals surface area contributed by atoms with E-state index in [-0.39, 0.29) is 35.6 Å². The normalized spacial score (nSPS) is 27.6. The summed E-state index contributed by atoms with van der Waals surface area (Å²) >= 11 is 0. The molecule has 0 amide bonds. The van der Waals surface area contributed by atoms with Crippen molar-refractivity contribution < 1.29 is 19.2 Å². The second-order valence-corrected chi connectivity index (χ2v) is 11.0. The summed E-state index contributed by atoms with van der Waals surface area (Å²) in [5.74, 6) is -0.136. The average molecular weight is 400 g/mol. The lowest BCUT2D eigenvalue weighted by Crippen LogP contribution is -2.41. The predicted octanol–water partition coefficient (Wildman–Crippen LogP) is 5.01. The minimum absolute atomic E-state index is 0.201. The van der Waals surface area contributed by atoms with Gasteiger partial charge in [0.25, 0.3) is 0 Å². The van der Waals surface area contributed by atoms with Gasteiger partial charge in [-0.15, -0.1) is 0 Å². The molecule has 5 heteroatoms. The van der Waals surface area contributed by atoms with Crippen molar-refractivity contribution in [3.63, 3.8) is 0 Å². The summed E-state index contributed by atoms with van der Waals surface area (Å²) in [5.41, 5.74) is 1.53. The second-order valence-electron chi connectivity index (χ2n) is 11.0. The summed E-state index contributed by atoms with van der Waals surface area (Å²) in [6, 6.07) is 8.64. The minimum Gasteiger partial charge on any atom is -0.481 e. The number of carboxylic acids is 1.